The zero-order valence-corrected chi connectivity index (χ0v) is 12.2. The van der Waals surface area contributed by atoms with Crippen molar-refractivity contribution in [1.82, 2.24) is 9.80 Å². The number of ether oxygens (including phenoxy) is 1. The van der Waals surface area contributed by atoms with Crippen LogP contribution in [-0.4, -0.2) is 78.7 Å². The highest BCUT2D eigenvalue weighted by atomic mass is 79.9. The van der Waals surface area contributed by atoms with Crippen LogP contribution in [0.1, 0.15) is 6.42 Å². The number of halogens is 1. The molecule has 0 saturated carbocycles. The summed E-state index contributed by atoms with van der Waals surface area (Å²) < 4.78 is 4.68. The molecular formula is C11H21BrN2O3. The van der Waals surface area contributed by atoms with Gasteiger partial charge in [-0.25, -0.2) is 0 Å². The molecule has 0 aromatic carbocycles. The van der Waals surface area contributed by atoms with Gasteiger partial charge in [0.25, 0.3) is 0 Å². The summed E-state index contributed by atoms with van der Waals surface area (Å²) in [5, 5.41) is 9.70. The van der Waals surface area contributed by atoms with E-state index in [-0.39, 0.29) is 16.9 Å². The number of β-amino-alcohol motifs (C(OH)–C–C–N with tert-alkyl or cyclic N) is 1. The molecule has 1 fully saturated rings. The van der Waals surface area contributed by atoms with Crippen LogP contribution in [0.15, 0.2) is 0 Å². The van der Waals surface area contributed by atoms with E-state index in [0.717, 1.165) is 13.0 Å². The lowest BCUT2D eigenvalue weighted by atomic mass is 10.2. The second kappa shape index (κ2) is 6.68. The molecule has 0 aromatic rings. The second-order valence-corrected chi connectivity index (χ2v) is 5.86. The summed E-state index contributed by atoms with van der Waals surface area (Å²) in [5.41, 5.74) is 0. The molecule has 0 bridgehead atoms. The fourth-order valence-corrected chi connectivity index (χ4v) is 2.76. The van der Waals surface area contributed by atoms with E-state index < -0.39 is 0 Å². The first kappa shape index (κ1) is 14.9. The predicted octanol–water partition coefficient (Wildman–Crippen LogP) is -0.0803. The first-order valence-electron chi connectivity index (χ1n) is 5.72. The average Bonchev–Trinajstić information content (AvgIpc) is 2.56. The van der Waals surface area contributed by atoms with Crippen LogP contribution in [-0.2, 0) is 9.53 Å². The molecule has 100 valence electrons. The monoisotopic (exact) mass is 308 g/mol. The zero-order chi connectivity index (χ0) is 13.0. The summed E-state index contributed by atoms with van der Waals surface area (Å²) in [6.07, 6.45) is 0.469. The van der Waals surface area contributed by atoms with Gasteiger partial charge in [0.15, 0.2) is 0 Å². The first-order valence-corrected chi connectivity index (χ1v) is 6.64. The van der Waals surface area contributed by atoms with E-state index in [4.69, 9.17) is 0 Å². The van der Waals surface area contributed by atoms with Crippen molar-refractivity contribution in [2.24, 2.45) is 0 Å². The molecule has 6 heteroatoms. The maximum Gasteiger partial charge on any atom is 0.320 e. The van der Waals surface area contributed by atoms with Crippen molar-refractivity contribution in [3.05, 3.63) is 0 Å². The van der Waals surface area contributed by atoms with E-state index in [1.807, 2.05) is 14.1 Å². The smallest absolute Gasteiger partial charge is 0.320 e. The Hall–Kier alpha value is -0.170. The van der Waals surface area contributed by atoms with Crippen LogP contribution < -0.4 is 0 Å². The van der Waals surface area contributed by atoms with Crippen LogP contribution in [0.4, 0.5) is 0 Å². The number of nitrogens with zero attached hydrogens (tertiary/aromatic N) is 2. The van der Waals surface area contributed by atoms with Crippen molar-refractivity contribution >= 4 is 21.9 Å². The van der Waals surface area contributed by atoms with Crippen LogP contribution in [0, 0.1) is 0 Å². The number of likely N-dealkylation sites (tertiary alicyclic amines) is 1. The summed E-state index contributed by atoms with van der Waals surface area (Å²) in [6, 6.07) is 0.296. The number of hydrogen-bond donors (Lipinski definition) is 1. The highest BCUT2D eigenvalue weighted by molar-refractivity contribution is 9.10. The molecule has 0 spiro atoms. The van der Waals surface area contributed by atoms with Crippen LogP contribution in [0.2, 0.25) is 0 Å². The lowest BCUT2D eigenvalue weighted by Gasteiger charge is -2.27. The second-order valence-electron chi connectivity index (χ2n) is 4.75. The molecular weight excluding hydrogens is 288 g/mol. The van der Waals surface area contributed by atoms with E-state index in [1.54, 1.807) is 0 Å². The molecule has 0 aliphatic carbocycles. The summed E-state index contributed by atoms with van der Waals surface area (Å²) in [7, 11) is 5.40. The Morgan fingerprint density at radius 2 is 2.29 bits per heavy atom. The zero-order valence-electron chi connectivity index (χ0n) is 10.6. The number of hydrogen-bond acceptors (Lipinski definition) is 5. The lowest BCUT2D eigenvalue weighted by Crippen LogP contribution is -2.42. The normalized spacial score (nSPS) is 27.4. The molecule has 3 unspecified atom stereocenters. The van der Waals surface area contributed by atoms with Crippen molar-refractivity contribution in [1.29, 1.82) is 0 Å². The van der Waals surface area contributed by atoms with Crippen LogP contribution in [0.25, 0.3) is 0 Å². The topological polar surface area (TPSA) is 53.0 Å². The van der Waals surface area contributed by atoms with Gasteiger partial charge in [0.1, 0.15) is 4.83 Å². The number of alkyl halides is 1. The molecule has 0 amide bonds. The molecule has 1 saturated heterocycles. The number of aliphatic hydroxyl groups excluding tert-OH is 1. The molecule has 1 N–H and O–H groups in total. The third-order valence-electron chi connectivity index (χ3n) is 2.93. The first-order chi connectivity index (χ1) is 7.93. The number of likely N-dealkylation sites (N-methyl/N-ethyl adjacent to an activating group) is 1. The molecule has 5 nitrogen and oxygen atoms in total. The molecule has 0 aromatic heterocycles. The van der Waals surface area contributed by atoms with Gasteiger partial charge in [-0.3, -0.25) is 9.69 Å². The van der Waals surface area contributed by atoms with E-state index in [0.29, 0.717) is 19.1 Å². The van der Waals surface area contributed by atoms with Crippen molar-refractivity contribution in [2.45, 2.75) is 23.4 Å². The summed E-state index contributed by atoms with van der Waals surface area (Å²) in [6.45, 7) is 2.08. The molecule has 1 aliphatic heterocycles. The Kier molecular flexibility index (Phi) is 5.85. The number of carbonyl (C=O) groups is 1. The molecule has 3 atom stereocenters. The van der Waals surface area contributed by atoms with Crippen molar-refractivity contribution in [3.63, 3.8) is 0 Å². The third-order valence-corrected chi connectivity index (χ3v) is 3.60. The van der Waals surface area contributed by atoms with E-state index >= 15 is 0 Å². The van der Waals surface area contributed by atoms with Crippen LogP contribution in [0.3, 0.4) is 0 Å². The van der Waals surface area contributed by atoms with Gasteiger partial charge in [-0.2, -0.15) is 0 Å². The largest absolute Gasteiger partial charge is 0.468 e. The fraction of sp³-hybridized carbons (Fsp3) is 0.909. The van der Waals surface area contributed by atoms with Gasteiger partial charge >= 0.3 is 5.97 Å². The van der Waals surface area contributed by atoms with Crippen molar-refractivity contribution in [3.8, 4) is 0 Å². The van der Waals surface area contributed by atoms with Gasteiger partial charge in [-0.15, -0.1) is 0 Å². The number of methoxy groups -OCH3 is 1. The fourth-order valence-electron chi connectivity index (χ4n) is 2.20. The summed E-state index contributed by atoms with van der Waals surface area (Å²) >= 11 is 3.32. The molecule has 17 heavy (non-hydrogen) atoms. The summed E-state index contributed by atoms with van der Waals surface area (Å²) in [4.78, 5) is 15.2. The van der Waals surface area contributed by atoms with Crippen molar-refractivity contribution in [2.75, 3.05) is 40.8 Å². The Balaban J connectivity index is 2.52. The third kappa shape index (κ3) is 4.54. The molecule has 1 aliphatic rings. The highest BCUT2D eigenvalue weighted by Gasteiger charge is 2.33. The van der Waals surface area contributed by atoms with Crippen LogP contribution >= 0.6 is 15.9 Å². The maximum atomic E-state index is 11.3. The minimum absolute atomic E-state index is 0.269. The Bertz CT molecular complexity index is 263. The lowest BCUT2D eigenvalue weighted by molar-refractivity contribution is -0.140. The van der Waals surface area contributed by atoms with Gasteiger partial charge in [0.2, 0.25) is 0 Å². The average molecular weight is 309 g/mol. The Morgan fingerprint density at radius 3 is 2.82 bits per heavy atom. The van der Waals surface area contributed by atoms with Gasteiger partial charge in [0.05, 0.1) is 13.2 Å². The molecule has 1 rings (SSSR count). The highest BCUT2D eigenvalue weighted by Crippen LogP contribution is 2.20. The number of carbonyl (C=O) groups excluding carboxylic acids is 1. The number of rotatable bonds is 5. The van der Waals surface area contributed by atoms with Gasteiger partial charge < -0.3 is 14.7 Å². The Labute approximate surface area is 111 Å². The van der Waals surface area contributed by atoms with E-state index in [1.165, 1.54) is 7.11 Å². The predicted molar refractivity (Wildman–Crippen MR) is 69.3 cm³/mol. The van der Waals surface area contributed by atoms with Crippen LogP contribution in [0.5, 0.6) is 0 Å². The van der Waals surface area contributed by atoms with Gasteiger partial charge in [0, 0.05) is 25.7 Å². The SMILES string of the molecule is COC(=O)C(Br)CN1CC(O)CC1CN(C)C. The number of aliphatic hydroxyl groups is 1. The standard InChI is InChI=1S/C11H21BrN2O3/c1-13(2)5-8-4-9(15)6-14(8)7-10(12)11(16)17-3/h8-10,15H,4-7H2,1-3H3. The molecule has 1 heterocycles. The van der Waals surface area contributed by atoms with Gasteiger partial charge in [-0.05, 0) is 20.5 Å². The van der Waals surface area contributed by atoms with Crippen molar-refractivity contribution < 1.29 is 14.6 Å². The molecule has 0 radical (unpaired) electrons. The van der Waals surface area contributed by atoms with E-state index in [9.17, 15) is 9.90 Å². The minimum Gasteiger partial charge on any atom is -0.468 e. The maximum absolute atomic E-state index is 11.3. The number of esters is 1. The minimum atomic E-state index is -0.331. The summed E-state index contributed by atoms with van der Waals surface area (Å²) in [5.74, 6) is -0.269. The van der Waals surface area contributed by atoms with E-state index in [2.05, 4.69) is 30.5 Å². The quantitative estimate of drug-likeness (QED) is 0.569. The Morgan fingerprint density at radius 1 is 1.65 bits per heavy atom. The van der Waals surface area contributed by atoms with Gasteiger partial charge in [-0.1, -0.05) is 15.9 Å².